The predicted molar refractivity (Wildman–Crippen MR) is 109 cm³/mol. The number of rotatable bonds is 4. The summed E-state index contributed by atoms with van der Waals surface area (Å²) in [4.78, 5) is 30.9. The van der Waals surface area contributed by atoms with E-state index in [1.165, 1.54) is 0 Å². The van der Waals surface area contributed by atoms with Crippen LogP contribution in [-0.4, -0.2) is 15.8 Å². The number of phosphoric ester groups is 1. The Morgan fingerprint density at radius 3 is 1.50 bits per heavy atom. The molecule has 6 heteroatoms. The first kappa shape index (κ1) is 20.0. The molecule has 3 aromatic carbocycles. The van der Waals surface area contributed by atoms with Gasteiger partial charge < -0.3 is 4.52 Å². The molecule has 0 radical (unpaired) electrons. The van der Waals surface area contributed by atoms with Gasteiger partial charge in [-0.05, 0) is 59.7 Å². The Morgan fingerprint density at radius 2 is 1.14 bits per heavy atom. The van der Waals surface area contributed by atoms with Crippen molar-refractivity contribution in [1.82, 2.24) is 0 Å². The third-order valence-electron chi connectivity index (χ3n) is 4.78. The SMILES string of the molecule is Cc1c(C(=O)OP(=O)(O)O)c(C)c(-c2ccccc2)c(C)c1-c1ccccc1. The van der Waals surface area contributed by atoms with E-state index in [9.17, 15) is 9.36 Å². The molecule has 0 atom stereocenters. The van der Waals surface area contributed by atoms with Crippen molar-refractivity contribution in [2.45, 2.75) is 20.8 Å². The number of benzene rings is 3. The van der Waals surface area contributed by atoms with Gasteiger partial charge in [-0.1, -0.05) is 60.7 Å². The third-order valence-corrected chi connectivity index (χ3v) is 5.18. The number of carbonyl (C=O) groups is 1. The van der Waals surface area contributed by atoms with Crippen LogP contribution in [0.1, 0.15) is 27.0 Å². The lowest BCUT2D eigenvalue weighted by Gasteiger charge is -2.22. The van der Waals surface area contributed by atoms with Gasteiger partial charge in [-0.25, -0.2) is 9.36 Å². The van der Waals surface area contributed by atoms with Gasteiger partial charge in [-0.2, -0.15) is 0 Å². The molecule has 2 N–H and O–H groups in total. The molecule has 0 amide bonds. The van der Waals surface area contributed by atoms with Gasteiger partial charge in [0.2, 0.25) is 0 Å². The maximum atomic E-state index is 12.7. The van der Waals surface area contributed by atoms with Gasteiger partial charge in [0.05, 0.1) is 5.56 Å². The van der Waals surface area contributed by atoms with Crippen molar-refractivity contribution in [3.05, 3.63) is 82.9 Å². The Balaban J connectivity index is 2.37. The van der Waals surface area contributed by atoms with Crippen molar-refractivity contribution < 1.29 is 23.7 Å². The van der Waals surface area contributed by atoms with E-state index in [0.29, 0.717) is 11.1 Å². The van der Waals surface area contributed by atoms with Crippen LogP contribution in [0.25, 0.3) is 22.3 Å². The summed E-state index contributed by atoms with van der Waals surface area (Å²) >= 11 is 0. The van der Waals surface area contributed by atoms with Crippen LogP contribution in [0.2, 0.25) is 0 Å². The van der Waals surface area contributed by atoms with E-state index in [1.807, 2.05) is 67.6 Å². The predicted octanol–water partition coefficient (Wildman–Crippen LogP) is 5.20. The van der Waals surface area contributed by atoms with Crippen LogP contribution in [0.5, 0.6) is 0 Å². The summed E-state index contributed by atoms with van der Waals surface area (Å²) in [7, 11) is -4.96. The van der Waals surface area contributed by atoms with E-state index in [0.717, 1.165) is 27.8 Å². The van der Waals surface area contributed by atoms with Gasteiger partial charge in [0.25, 0.3) is 0 Å². The standard InChI is InChI=1S/C22H21O5P/c1-14-19(17-10-6-4-7-11-17)15(2)21(22(23)27-28(24,25)26)16(3)20(14)18-12-8-5-9-13-18/h4-13H,1-3H3,(H2,24,25,26). The van der Waals surface area contributed by atoms with E-state index in [2.05, 4.69) is 4.52 Å². The van der Waals surface area contributed by atoms with Crippen molar-refractivity contribution in [1.29, 1.82) is 0 Å². The highest BCUT2D eigenvalue weighted by Gasteiger charge is 2.28. The minimum absolute atomic E-state index is 0.173. The summed E-state index contributed by atoms with van der Waals surface area (Å²) in [6.45, 7) is 5.53. The Labute approximate surface area is 163 Å². The maximum absolute atomic E-state index is 12.7. The van der Waals surface area contributed by atoms with E-state index >= 15 is 0 Å². The molecule has 0 saturated carbocycles. The fraction of sp³-hybridized carbons (Fsp3) is 0.136. The molecule has 0 spiro atoms. The molecule has 0 heterocycles. The van der Waals surface area contributed by atoms with E-state index in [4.69, 9.17) is 9.79 Å². The van der Waals surface area contributed by atoms with Crippen LogP contribution < -0.4 is 0 Å². The minimum atomic E-state index is -4.96. The molecule has 0 aliphatic heterocycles. The summed E-state index contributed by atoms with van der Waals surface area (Å²) in [5.41, 5.74) is 5.94. The molecule has 0 aliphatic carbocycles. The van der Waals surface area contributed by atoms with Crippen LogP contribution in [-0.2, 0) is 9.09 Å². The van der Waals surface area contributed by atoms with Crippen LogP contribution in [0.3, 0.4) is 0 Å². The fourth-order valence-electron chi connectivity index (χ4n) is 3.75. The fourth-order valence-corrected chi connectivity index (χ4v) is 4.06. The lowest BCUT2D eigenvalue weighted by molar-refractivity contribution is 0.0676. The number of phosphoric acid groups is 1. The topological polar surface area (TPSA) is 83.8 Å². The molecule has 0 aromatic heterocycles. The van der Waals surface area contributed by atoms with Gasteiger partial charge in [0.1, 0.15) is 0 Å². The van der Waals surface area contributed by atoms with E-state index in [-0.39, 0.29) is 5.56 Å². The second-order valence-electron chi connectivity index (χ2n) is 6.60. The van der Waals surface area contributed by atoms with Crippen LogP contribution in [0, 0.1) is 20.8 Å². The highest BCUT2D eigenvalue weighted by molar-refractivity contribution is 7.46. The van der Waals surface area contributed by atoms with E-state index in [1.54, 1.807) is 13.8 Å². The molecule has 28 heavy (non-hydrogen) atoms. The quantitative estimate of drug-likeness (QED) is 0.593. The van der Waals surface area contributed by atoms with Gasteiger partial charge >= 0.3 is 13.8 Å². The summed E-state index contributed by atoms with van der Waals surface area (Å²) in [6, 6.07) is 19.2. The zero-order valence-electron chi connectivity index (χ0n) is 15.8. The zero-order chi connectivity index (χ0) is 20.5. The maximum Gasteiger partial charge on any atom is 0.527 e. The first-order valence-corrected chi connectivity index (χ1v) is 10.3. The normalized spacial score (nSPS) is 11.3. The molecule has 3 aromatic rings. The molecule has 0 bridgehead atoms. The number of hydrogen-bond donors (Lipinski definition) is 2. The molecular weight excluding hydrogens is 375 g/mol. The highest BCUT2D eigenvalue weighted by Crippen LogP contribution is 2.42. The van der Waals surface area contributed by atoms with Gasteiger partial charge in [-0.3, -0.25) is 9.79 Å². The van der Waals surface area contributed by atoms with Crippen LogP contribution in [0.15, 0.2) is 60.7 Å². The Morgan fingerprint density at radius 1 is 0.750 bits per heavy atom. The van der Waals surface area contributed by atoms with Crippen molar-refractivity contribution >= 4 is 13.8 Å². The smallest absolute Gasteiger partial charge is 0.367 e. The molecule has 0 saturated heterocycles. The molecule has 3 rings (SSSR count). The molecule has 0 fully saturated rings. The second kappa shape index (κ2) is 7.72. The summed E-state index contributed by atoms with van der Waals surface area (Å²) in [6.07, 6.45) is 0. The Kier molecular flexibility index (Phi) is 5.52. The number of carbonyl (C=O) groups excluding carboxylic acids is 1. The molecular formula is C22H21O5P. The monoisotopic (exact) mass is 396 g/mol. The average Bonchev–Trinajstić information content (AvgIpc) is 2.62. The lowest BCUT2D eigenvalue weighted by atomic mass is 9.83. The summed E-state index contributed by atoms with van der Waals surface area (Å²) in [5.74, 6) is -1.03. The average molecular weight is 396 g/mol. The zero-order valence-corrected chi connectivity index (χ0v) is 16.7. The van der Waals surface area contributed by atoms with Crippen molar-refractivity contribution in [2.75, 3.05) is 0 Å². The Hall–Kier alpha value is -2.72. The largest absolute Gasteiger partial charge is 0.527 e. The van der Waals surface area contributed by atoms with E-state index < -0.39 is 13.8 Å². The lowest BCUT2D eigenvalue weighted by Crippen LogP contribution is -2.11. The first-order valence-electron chi connectivity index (χ1n) is 8.74. The minimum Gasteiger partial charge on any atom is -0.367 e. The van der Waals surface area contributed by atoms with Crippen LogP contribution in [0.4, 0.5) is 0 Å². The van der Waals surface area contributed by atoms with Crippen molar-refractivity contribution in [3.63, 3.8) is 0 Å². The first-order chi connectivity index (χ1) is 13.2. The van der Waals surface area contributed by atoms with Gasteiger partial charge in [0, 0.05) is 0 Å². The van der Waals surface area contributed by atoms with Crippen LogP contribution >= 0.6 is 7.82 Å². The van der Waals surface area contributed by atoms with Crippen molar-refractivity contribution in [3.8, 4) is 22.3 Å². The summed E-state index contributed by atoms with van der Waals surface area (Å²) in [5, 5.41) is 0. The van der Waals surface area contributed by atoms with Gasteiger partial charge in [-0.15, -0.1) is 0 Å². The van der Waals surface area contributed by atoms with Gasteiger partial charge in [0.15, 0.2) is 0 Å². The molecule has 144 valence electrons. The third kappa shape index (κ3) is 3.92. The molecule has 0 unspecified atom stereocenters. The molecule has 5 nitrogen and oxygen atoms in total. The summed E-state index contributed by atoms with van der Waals surface area (Å²) < 4.78 is 15.7. The highest BCUT2D eigenvalue weighted by atomic mass is 31.2. The number of hydrogen-bond acceptors (Lipinski definition) is 3. The second-order valence-corrected chi connectivity index (χ2v) is 7.77. The van der Waals surface area contributed by atoms with Crippen molar-refractivity contribution in [2.24, 2.45) is 0 Å². The Bertz CT molecular complexity index is 1000. The molecule has 0 aliphatic rings.